The van der Waals surface area contributed by atoms with Crippen molar-refractivity contribution in [3.63, 3.8) is 0 Å². The average Bonchev–Trinajstić information content (AvgIpc) is 2.73. The number of rotatable bonds is 5. The van der Waals surface area contributed by atoms with Gasteiger partial charge in [-0.3, -0.25) is 9.59 Å². The summed E-state index contributed by atoms with van der Waals surface area (Å²) in [7, 11) is 0. The fourth-order valence-electron chi connectivity index (χ4n) is 2.19. The molecule has 2 aromatic carbocycles. The predicted molar refractivity (Wildman–Crippen MR) is 99.4 cm³/mol. The third kappa shape index (κ3) is 5.05. The van der Waals surface area contributed by atoms with Crippen LogP contribution in [0.5, 0.6) is 0 Å². The van der Waals surface area contributed by atoms with Crippen LogP contribution in [0.15, 0.2) is 57.8 Å². The van der Waals surface area contributed by atoms with Crippen molar-refractivity contribution >= 4 is 33.5 Å². The summed E-state index contributed by atoms with van der Waals surface area (Å²) in [5.41, 5.74) is -0.535. The number of nitrogens with one attached hydrogen (secondary N) is 1. The van der Waals surface area contributed by atoms with E-state index < -0.39 is 23.0 Å². The van der Waals surface area contributed by atoms with Gasteiger partial charge in [-0.05, 0) is 48.9 Å². The Morgan fingerprint density at radius 2 is 1.81 bits per heavy atom. The number of anilines is 1. The molecule has 0 atom stereocenters. The van der Waals surface area contributed by atoms with Crippen LogP contribution >= 0.6 is 15.9 Å². The van der Waals surface area contributed by atoms with Gasteiger partial charge in [-0.1, -0.05) is 34.1 Å². The molecular formula is C19H15BrF3NO2. The normalized spacial score (nSPS) is 11.6. The lowest BCUT2D eigenvalue weighted by atomic mass is 10.1. The molecule has 0 bridgehead atoms. The molecule has 0 spiro atoms. The molecular weight excluding hydrogens is 411 g/mol. The summed E-state index contributed by atoms with van der Waals surface area (Å²) < 4.78 is 38.2. The Kier molecular flexibility index (Phi) is 6.37. The van der Waals surface area contributed by atoms with E-state index in [9.17, 15) is 22.8 Å². The molecule has 0 aliphatic heterocycles. The minimum absolute atomic E-state index is 0.0408. The molecule has 0 amide bonds. The van der Waals surface area contributed by atoms with E-state index in [1.54, 1.807) is 12.1 Å². The second kappa shape index (κ2) is 8.31. The monoisotopic (exact) mass is 425 g/mol. The van der Waals surface area contributed by atoms with E-state index in [0.717, 1.165) is 12.1 Å². The average molecular weight is 426 g/mol. The van der Waals surface area contributed by atoms with Gasteiger partial charge < -0.3 is 5.32 Å². The zero-order valence-corrected chi connectivity index (χ0v) is 15.3. The highest BCUT2D eigenvalue weighted by atomic mass is 79.9. The number of allylic oxidation sites excluding steroid dienone is 1. The number of ketones is 1. The van der Waals surface area contributed by atoms with Crippen LogP contribution in [0.4, 0.5) is 18.9 Å². The summed E-state index contributed by atoms with van der Waals surface area (Å²) in [6.45, 7) is 2.35. The number of alkyl halides is 3. The first kappa shape index (κ1) is 19.9. The van der Waals surface area contributed by atoms with Gasteiger partial charge in [0, 0.05) is 11.0 Å². The number of halogens is 4. The Bertz CT molecular complexity index is 891. The standard InChI is InChI=1S/C19H15BrF3NO2/c1-2-24-16-9-8-14(20)11-15(18(16)26)17(25)10-5-12-3-6-13(7-4-12)19(21,22)23/h3-11H,2H2,1H3,(H,24,26)/b10-5+. The first-order chi connectivity index (χ1) is 12.2. The largest absolute Gasteiger partial charge is 0.416 e. The second-order valence-electron chi connectivity index (χ2n) is 5.37. The van der Waals surface area contributed by atoms with E-state index in [0.29, 0.717) is 22.3 Å². The van der Waals surface area contributed by atoms with E-state index in [2.05, 4.69) is 21.2 Å². The summed E-state index contributed by atoms with van der Waals surface area (Å²) in [5.74, 6) is -0.536. The van der Waals surface area contributed by atoms with Crippen LogP contribution in [0.2, 0.25) is 0 Å². The van der Waals surface area contributed by atoms with Gasteiger partial charge in [-0.2, -0.15) is 13.2 Å². The van der Waals surface area contributed by atoms with Gasteiger partial charge in [0.15, 0.2) is 5.78 Å². The van der Waals surface area contributed by atoms with Crippen molar-refractivity contribution in [1.29, 1.82) is 0 Å². The molecule has 3 nitrogen and oxygen atoms in total. The second-order valence-corrected chi connectivity index (χ2v) is 6.28. The molecule has 0 saturated carbocycles. The van der Waals surface area contributed by atoms with Crippen LogP contribution in [-0.2, 0) is 6.18 Å². The van der Waals surface area contributed by atoms with E-state index in [1.165, 1.54) is 30.4 Å². The summed E-state index contributed by atoms with van der Waals surface area (Å²) in [5, 5.41) is 2.90. The fraction of sp³-hybridized carbons (Fsp3) is 0.158. The Balaban J connectivity index is 2.31. The first-order valence-corrected chi connectivity index (χ1v) is 8.49. The van der Waals surface area contributed by atoms with Crippen LogP contribution in [0.3, 0.4) is 0 Å². The van der Waals surface area contributed by atoms with E-state index in [-0.39, 0.29) is 5.56 Å². The Morgan fingerprint density at radius 1 is 1.15 bits per heavy atom. The maximum absolute atomic E-state index is 12.6. The molecule has 0 saturated heterocycles. The van der Waals surface area contributed by atoms with Gasteiger partial charge in [-0.15, -0.1) is 0 Å². The molecule has 0 radical (unpaired) electrons. The summed E-state index contributed by atoms with van der Waals surface area (Å²) in [6.07, 6.45) is -1.87. The van der Waals surface area contributed by atoms with Crippen LogP contribution in [-0.4, -0.2) is 12.3 Å². The fourth-order valence-corrected chi connectivity index (χ4v) is 2.55. The Hall–Kier alpha value is -2.41. The quantitative estimate of drug-likeness (QED) is 0.531. The predicted octanol–water partition coefficient (Wildman–Crippen LogP) is 5.16. The van der Waals surface area contributed by atoms with E-state index >= 15 is 0 Å². The Morgan fingerprint density at radius 3 is 2.38 bits per heavy atom. The van der Waals surface area contributed by atoms with Crippen LogP contribution in [0.1, 0.15) is 28.4 Å². The van der Waals surface area contributed by atoms with Gasteiger partial charge in [0.05, 0.1) is 16.8 Å². The number of carbonyl (C=O) groups excluding carboxylic acids is 1. The molecule has 0 aliphatic rings. The van der Waals surface area contributed by atoms with Crippen molar-refractivity contribution in [2.24, 2.45) is 0 Å². The molecule has 2 rings (SSSR count). The molecule has 0 heterocycles. The number of hydrogen-bond donors (Lipinski definition) is 1. The van der Waals surface area contributed by atoms with Gasteiger partial charge >= 0.3 is 6.18 Å². The molecule has 0 aliphatic carbocycles. The van der Waals surface area contributed by atoms with Gasteiger partial charge in [0.2, 0.25) is 5.43 Å². The summed E-state index contributed by atoms with van der Waals surface area (Å²) in [6, 6.07) is 9.03. The molecule has 0 aromatic heterocycles. The third-order valence-corrected chi connectivity index (χ3v) is 3.97. The van der Waals surface area contributed by atoms with Crippen molar-refractivity contribution in [1.82, 2.24) is 0 Å². The van der Waals surface area contributed by atoms with Crippen LogP contribution in [0, 0.1) is 0 Å². The van der Waals surface area contributed by atoms with E-state index in [4.69, 9.17) is 0 Å². The van der Waals surface area contributed by atoms with Crippen LogP contribution < -0.4 is 10.7 Å². The zero-order valence-electron chi connectivity index (χ0n) is 13.7. The highest BCUT2D eigenvalue weighted by Crippen LogP contribution is 2.29. The molecule has 0 fully saturated rings. The first-order valence-electron chi connectivity index (χ1n) is 7.69. The number of carbonyl (C=O) groups is 1. The molecule has 7 heteroatoms. The molecule has 1 N–H and O–H groups in total. The lowest BCUT2D eigenvalue weighted by Gasteiger charge is -2.05. The molecule has 136 valence electrons. The van der Waals surface area contributed by atoms with Gasteiger partial charge in [-0.25, -0.2) is 0 Å². The minimum atomic E-state index is -4.41. The highest BCUT2D eigenvalue weighted by molar-refractivity contribution is 9.10. The summed E-state index contributed by atoms with van der Waals surface area (Å²) >= 11 is 3.25. The highest BCUT2D eigenvalue weighted by Gasteiger charge is 2.29. The van der Waals surface area contributed by atoms with Gasteiger partial charge in [0.1, 0.15) is 0 Å². The van der Waals surface area contributed by atoms with Crippen molar-refractivity contribution in [3.05, 3.63) is 79.9 Å². The Labute approximate surface area is 156 Å². The number of hydrogen-bond acceptors (Lipinski definition) is 3. The zero-order chi connectivity index (χ0) is 19.3. The number of benzene rings is 1. The SMILES string of the molecule is CCNc1ccc(Br)cc(C(=O)/C=C/c2ccc(C(F)(F)F)cc2)c1=O. The van der Waals surface area contributed by atoms with Crippen molar-refractivity contribution in [3.8, 4) is 0 Å². The lowest BCUT2D eigenvalue weighted by Crippen LogP contribution is -2.15. The topological polar surface area (TPSA) is 46.2 Å². The summed E-state index contributed by atoms with van der Waals surface area (Å²) in [4.78, 5) is 24.9. The maximum Gasteiger partial charge on any atom is 0.416 e. The van der Waals surface area contributed by atoms with E-state index in [1.807, 2.05) is 6.92 Å². The maximum atomic E-state index is 12.6. The molecule has 0 unspecified atom stereocenters. The minimum Gasteiger partial charge on any atom is -0.382 e. The molecule has 2 aromatic rings. The van der Waals surface area contributed by atoms with Gasteiger partial charge in [0.25, 0.3) is 0 Å². The van der Waals surface area contributed by atoms with Crippen molar-refractivity contribution in [2.45, 2.75) is 13.1 Å². The van der Waals surface area contributed by atoms with Crippen molar-refractivity contribution in [2.75, 3.05) is 11.9 Å². The smallest absolute Gasteiger partial charge is 0.382 e. The molecule has 26 heavy (non-hydrogen) atoms. The van der Waals surface area contributed by atoms with Crippen molar-refractivity contribution < 1.29 is 18.0 Å². The van der Waals surface area contributed by atoms with Crippen LogP contribution in [0.25, 0.3) is 6.08 Å². The lowest BCUT2D eigenvalue weighted by molar-refractivity contribution is -0.137. The third-order valence-electron chi connectivity index (χ3n) is 3.48.